The Morgan fingerprint density at radius 1 is 0.552 bits per heavy atom. The van der Waals surface area contributed by atoms with Crippen LogP contribution in [-0.4, -0.2) is 65.7 Å². The maximum atomic E-state index is 12.6. The summed E-state index contributed by atoms with van der Waals surface area (Å²) in [5.74, 6) is -1.03. The summed E-state index contributed by atoms with van der Waals surface area (Å²) in [4.78, 5) is 34.9. The molecule has 0 aromatic rings. The predicted octanol–water partition coefficient (Wildman–Crippen LogP) is 11.8. The van der Waals surface area contributed by atoms with Crippen molar-refractivity contribution in [3.63, 3.8) is 0 Å². The summed E-state index contributed by atoms with van der Waals surface area (Å²) >= 11 is 0. The van der Waals surface area contributed by atoms with Gasteiger partial charge in [0.1, 0.15) is 12.7 Å². The van der Waals surface area contributed by atoms with Gasteiger partial charge in [0.25, 0.3) is 0 Å². The van der Waals surface area contributed by atoms with Crippen molar-refractivity contribution in [3.05, 3.63) is 85.1 Å². The highest BCUT2D eigenvalue weighted by molar-refractivity contribution is 7.47. The van der Waals surface area contributed by atoms with Gasteiger partial charge >= 0.3 is 19.8 Å². The number of allylic oxidation sites excluding steroid dienone is 14. The molecule has 0 amide bonds. The molecule has 2 unspecified atom stereocenters. The van der Waals surface area contributed by atoms with Crippen LogP contribution in [0.3, 0.4) is 0 Å². The fourth-order valence-corrected chi connectivity index (χ4v) is 6.31. The molecule has 10 nitrogen and oxygen atoms in total. The highest BCUT2D eigenvalue weighted by Gasteiger charge is 2.27. The lowest BCUT2D eigenvalue weighted by molar-refractivity contribution is -0.161. The Morgan fingerprint density at radius 3 is 1.60 bits per heavy atom. The molecule has 0 spiro atoms. The zero-order valence-corrected chi connectivity index (χ0v) is 36.9. The fourth-order valence-electron chi connectivity index (χ4n) is 5.52. The molecule has 0 saturated heterocycles. The van der Waals surface area contributed by atoms with E-state index in [1.54, 1.807) is 0 Å². The molecule has 58 heavy (non-hydrogen) atoms. The number of hydrogen-bond acceptors (Lipinski definition) is 9. The fraction of sp³-hybridized carbons (Fsp3) is 0.660. The van der Waals surface area contributed by atoms with Crippen LogP contribution in [0.5, 0.6) is 0 Å². The average molecular weight is 835 g/mol. The van der Waals surface area contributed by atoms with Crippen LogP contribution in [0.1, 0.15) is 162 Å². The van der Waals surface area contributed by atoms with Crippen LogP contribution in [0, 0.1) is 0 Å². The van der Waals surface area contributed by atoms with E-state index in [9.17, 15) is 24.2 Å². The molecule has 0 bridgehead atoms. The molecule has 3 N–H and O–H groups in total. The Bertz CT molecular complexity index is 1240. The summed E-state index contributed by atoms with van der Waals surface area (Å²) in [5.41, 5.74) is 0. The van der Waals surface area contributed by atoms with E-state index in [4.69, 9.17) is 19.1 Å². The van der Waals surface area contributed by atoms with Crippen LogP contribution in [0.2, 0.25) is 0 Å². The van der Waals surface area contributed by atoms with Crippen molar-refractivity contribution in [1.82, 2.24) is 0 Å². The van der Waals surface area contributed by atoms with Gasteiger partial charge in [-0.25, -0.2) is 4.57 Å². The van der Waals surface area contributed by atoms with E-state index in [1.165, 1.54) is 77.0 Å². The van der Waals surface area contributed by atoms with Gasteiger partial charge < -0.3 is 24.6 Å². The SMILES string of the molecule is CC/C=C/C=C/C=C/C=C/C=C/CCCC(=O)OC(COC(=O)CCCCCCCCC/C=C/C/C=C/CCCCCCCCCC)COP(=O)(O)OC[C@H](O)CO. The van der Waals surface area contributed by atoms with Crippen LogP contribution in [-0.2, 0) is 32.7 Å². The molecule has 0 rings (SSSR count). The second-order valence-corrected chi connectivity index (χ2v) is 15.9. The molecule has 0 fully saturated rings. The first-order valence-electron chi connectivity index (χ1n) is 22.1. The lowest BCUT2D eigenvalue weighted by atomic mass is 10.1. The molecule has 0 aliphatic heterocycles. The Morgan fingerprint density at radius 2 is 1.03 bits per heavy atom. The van der Waals surface area contributed by atoms with E-state index < -0.39 is 51.8 Å². The summed E-state index contributed by atoms with van der Waals surface area (Å²) in [6, 6.07) is 0. The summed E-state index contributed by atoms with van der Waals surface area (Å²) in [7, 11) is -4.64. The molecular formula is C47H79O10P. The van der Waals surface area contributed by atoms with Gasteiger partial charge in [-0.05, 0) is 57.8 Å². The molecule has 0 radical (unpaired) electrons. The summed E-state index contributed by atoms with van der Waals surface area (Å²) < 4.78 is 32.6. The number of unbranched alkanes of at least 4 members (excludes halogenated alkanes) is 16. The van der Waals surface area contributed by atoms with Crippen molar-refractivity contribution >= 4 is 19.8 Å². The van der Waals surface area contributed by atoms with E-state index in [0.717, 1.165) is 38.5 Å². The van der Waals surface area contributed by atoms with Crippen molar-refractivity contribution in [3.8, 4) is 0 Å². The molecular weight excluding hydrogens is 755 g/mol. The van der Waals surface area contributed by atoms with E-state index >= 15 is 0 Å². The van der Waals surface area contributed by atoms with E-state index in [-0.39, 0.29) is 19.4 Å². The first kappa shape index (κ1) is 55.2. The Hall–Kier alpha value is -2.85. The maximum Gasteiger partial charge on any atom is 0.472 e. The third-order valence-electron chi connectivity index (χ3n) is 8.91. The largest absolute Gasteiger partial charge is 0.472 e. The summed E-state index contributed by atoms with van der Waals surface area (Å²) in [6.45, 7) is 2.12. The summed E-state index contributed by atoms with van der Waals surface area (Å²) in [5, 5.41) is 18.3. The molecule has 0 aliphatic rings. The van der Waals surface area contributed by atoms with Crippen molar-refractivity contribution in [1.29, 1.82) is 0 Å². The Balaban J connectivity index is 4.33. The minimum Gasteiger partial charge on any atom is -0.462 e. The normalized spacial score (nSPS) is 14.6. The number of rotatable bonds is 40. The lowest BCUT2D eigenvalue weighted by Gasteiger charge is -2.20. The van der Waals surface area contributed by atoms with Crippen molar-refractivity contribution in [2.24, 2.45) is 0 Å². The molecule has 0 aromatic carbocycles. The van der Waals surface area contributed by atoms with E-state index in [0.29, 0.717) is 19.3 Å². The number of esters is 2. The van der Waals surface area contributed by atoms with Crippen molar-refractivity contribution in [2.75, 3.05) is 26.4 Å². The first-order chi connectivity index (χ1) is 28.2. The maximum absolute atomic E-state index is 12.6. The van der Waals surface area contributed by atoms with Gasteiger partial charge in [-0.3, -0.25) is 18.6 Å². The lowest BCUT2D eigenvalue weighted by Crippen LogP contribution is -2.29. The number of carbonyl (C=O) groups excluding carboxylic acids is 2. The van der Waals surface area contributed by atoms with Gasteiger partial charge in [0.2, 0.25) is 0 Å². The predicted molar refractivity (Wildman–Crippen MR) is 237 cm³/mol. The average Bonchev–Trinajstić information content (AvgIpc) is 3.21. The molecule has 0 aliphatic carbocycles. The van der Waals surface area contributed by atoms with E-state index in [1.807, 2.05) is 54.7 Å². The molecule has 0 aromatic heterocycles. The quantitative estimate of drug-likeness (QED) is 0.0179. The molecule has 11 heteroatoms. The highest BCUT2D eigenvalue weighted by atomic mass is 31.2. The third-order valence-corrected chi connectivity index (χ3v) is 9.86. The van der Waals surface area contributed by atoms with Gasteiger partial charge in [-0.1, -0.05) is 176 Å². The van der Waals surface area contributed by atoms with Gasteiger partial charge in [-0.15, -0.1) is 0 Å². The second-order valence-electron chi connectivity index (χ2n) is 14.5. The van der Waals surface area contributed by atoms with Crippen LogP contribution in [0.25, 0.3) is 0 Å². The standard InChI is InChI=1S/C47H79O10P/c1-3-5-7-9-11-13-15-17-18-19-20-21-22-23-24-25-27-28-30-32-34-36-38-46(50)54-42-45(43-56-58(52,53)55-41-44(49)40-48)57-47(51)39-37-35-33-31-29-26-16-14-12-10-8-6-4-2/h6,8,10,12,14,16,19-20,22-23,26,29,31,33,44-45,48-49H,3-5,7,9,11,13,15,17-18,21,24-25,27-28,30,32,34-43H2,1-2H3,(H,52,53)/b8-6+,12-10+,16-14+,20-19+,23-22+,29-26+,33-31+/t44-,45?/m1/s1. The monoisotopic (exact) mass is 835 g/mol. The summed E-state index contributed by atoms with van der Waals surface area (Å²) in [6.07, 6.45) is 50.0. The number of phosphoric acid groups is 1. The van der Waals surface area contributed by atoms with Gasteiger partial charge in [0.05, 0.1) is 19.8 Å². The number of ether oxygens (including phenoxy) is 2. The third kappa shape index (κ3) is 41.3. The van der Waals surface area contributed by atoms with Crippen LogP contribution in [0.15, 0.2) is 85.1 Å². The molecule has 0 heterocycles. The van der Waals surface area contributed by atoms with Crippen molar-refractivity contribution < 1.29 is 47.8 Å². The smallest absolute Gasteiger partial charge is 0.462 e. The topological polar surface area (TPSA) is 149 Å². The highest BCUT2D eigenvalue weighted by Crippen LogP contribution is 2.43. The number of phosphoric ester groups is 1. The molecule has 332 valence electrons. The Labute approximate surface area is 351 Å². The van der Waals surface area contributed by atoms with Crippen LogP contribution in [0.4, 0.5) is 0 Å². The zero-order chi connectivity index (χ0) is 42.6. The van der Waals surface area contributed by atoms with E-state index in [2.05, 4.69) is 48.8 Å². The number of hydrogen-bond donors (Lipinski definition) is 3. The zero-order valence-electron chi connectivity index (χ0n) is 36.0. The second kappa shape index (κ2) is 42.3. The van der Waals surface area contributed by atoms with Gasteiger partial charge in [0.15, 0.2) is 6.10 Å². The minimum absolute atomic E-state index is 0.0816. The number of aliphatic hydroxyl groups excluding tert-OH is 2. The Kier molecular flexibility index (Phi) is 40.2. The van der Waals surface area contributed by atoms with Gasteiger partial charge in [-0.2, -0.15) is 0 Å². The van der Waals surface area contributed by atoms with Crippen molar-refractivity contribution in [2.45, 2.75) is 174 Å². The molecule has 3 atom stereocenters. The van der Waals surface area contributed by atoms with Crippen LogP contribution < -0.4 is 0 Å². The minimum atomic E-state index is -4.64. The van der Waals surface area contributed by atoms with Gasteiger partial charge in [0, 0.05) is 12.8 Å². The number of carbonyl (C=O) groups is 2. The van der Waals surface area contributed by atoms with Crippen LogP contribution >= 0.6 is 7.82 Å². The molecule has 0 saturated carbocycles. The first-order valence-corrected chi connectivity index (χ1v) is 23.6. The number of aliphatic hydroxyl groups is 2.